The second-order valence-corrected chi connectivity index (χ2v) is 13.9. The molecule has 0 saturated carbocycles. The molecule has 14 nitrogen and oxygen atoms in total. The Morgan fingerprint density at radius 2 is 0.918 bits per heavy atom. The number of hydrogen-bond donors (Lipinski definition) is 4. The van der Waals surface area contributed by atoms with Crippen LogP contribution in [0.15, 0.2) is 107 Å². The Morgan fingerprint density at radius 1 is 0.551 bits per heavy atom. The maximum atomic E-state index is 12.5. The van der Waals surface area contributed by atoms with Crippen LogP contribution in [0.2, 0.25) is 0 Å². The van der Waals surface area contributed by atoms with E-state index in [9.17, 15) is 36.0 Å². The molecule has 0 unspecified atom stereocenters. The molecule has 0 heterocycles. The average molecular weight is 709 g/mol. The number of sulfonamides is 2. The highest BCUT2D eigenvalue weighted by molar-refractivity contribution is 7.90. The molecular formula is C33H32N4O10S2. The molecule has 0 aliphatic carbocycles. The minimum absolute atomic E-state index is 0.0798. The van der Waals surface area contributed by atoms with Crippen molar-refractivity contribution in [3.63, 3.8) is 0 Å². The molecule has 0 spiro atoms. The van der Waals surface area contributed by atoms with E-state index in [2.05, 4.69) is 10.6 Å². The van der Waals surface area contributed by atoms with Crippen molar-refractivity contribution in [1.82, 2.24) is 9.44 Å². The van der Waals surface area contributed by atoms with E-state index < -0.39 is 44.0 Å². The van der Waals surface area contributed by atoms with Gasteiger partial charge in [0.2, 0.25) is 0 Å². The third-order valence-corrected chi connectivity index (χ3v) is 9.28. The first kappa shape index (κ1) is 36.1. The summed E-state index contributed by atoms with van der Waals surface area (Å²) in [6.07, 6.45) is 0.145. The fourth-order valence-electron chi connectivity index (χ4n) is 4.11. The Balaban J connectivity index is 1.20. The lowest BCUT2D eigenvalue weighted by Gasteiger charge is -2.11. The molecule has 4 rings (SSSR count). The predicted octanol–water partition coefficient (Wildman–Crippen LogP) is 4.73. The molecule has 0 fully saturated rings. The molecule has 0 saturated heterocycles. The van der Waals surface area contributed by atoms with Gasteiger partial charge in [-0.3, -0.25) is 0 Å². The van der Waals surface area contributed by atoms with Crippen molar-refractivity contribution < 1.29 is 45.5 Å². The van der Waals surface area contributed by atoms with Gasteiger partial charge in [-0.1, -0.05) is 47.5 Å². The zero-order valence-electron chi connectivity index (χ0n) is 26.3. The van der Waals surface area contributed by atoms with Crippen LogP contribution in [0, 0.1) is 13.8 Å². The summed E-state index contributed by atoms with van der Waals surface area (Å²) in [6, 6.07) is 21.2. The summed E-state index contributed by atoms with van der Waals surface area (Å²) in [5.41, 5.74) is 2.14. The Kier molecular flexibility index (Phi) is 11.7. The van der Waals surface area contributed by atoms with Gasteiger partial charge in [-0.05, 0) is 74.5 Å². The van der Waals surface area contributed by atoms with Crippen LogP contribution in [0.3, 0.4) is 0 Å². The highest BCUT2D eigenvalue weighted by Gasteiger charge is 2.19. The number of esters is 2. The van der Waals surface area contributed by atoms with Crippen LogP contribution in [-0.4, -0.2) is 54.1 Å². The average Bonchev–Trinajstić information content (AvgIpc) is 3.04. The molecule has 4 N–H and O–H groups in total. The number of ether oxygens (including phenoxy) is 2. The quantitative estimate of drug-likeness (QED) is 0.118. The van der Waals surface area contributed by atoms with E-state index in [4.69, 9.17) is 9.47 Å². The first-order chi connectivity index (χ1) is 23.2. The Bertz CT molecular complexity index is 1920. The highest BCUT2D eigenvalue weighted by Crippen LogP contribution is 2.16. The lowest BCUT2D eigenvalue weighted by molar-refractivity contribution is 0.0395. The molecule has 0 atom stereocenters. The number of hydrogen-bond acceptors (Lipinski definition) is 10. The molecule has 0 radical (unpaired) electrons. The largest absolute Gasteiger partial charge is 0.462 e. The van der Waals surface area contributed by atoms with E-state index >= 15 is 0 Å². The summed E-state index contributed by atoms with van der Waals surface area (Å²) in [7, 11) is -8.23. The molecule has 0 bridgehead atoms. The third-order valence-electron chi connectivity index (χ3n) is 6.58. The molecule has 0 aromatic heterocycles. The smallest absolute Gasteiger partial charge is 0.338 e. The number of nitrogens with one attached hydrogen (secondary N) is 4. The summed E-state index contributed by atoms with van der Waals surface area (Å²) in [5, 5.41) is 4.73. The molecule has 4 amide bonds. The van der Waals surface area contributed by atoms with Gasteiger partial charge in [-0.15, -0.1) is 0 Å². The number of carbonyl (C=O) groups excluding carboxylic acids is 4. The summed E-state index contributed by atoms with van der Waals surface area (Å²) in [6.45, 7) is 3.36. The van der Waals surface area contributed by atoms with Gasteiger partial charge in [0, 0.05) is 17.8 Å². The van der Waals surface area contributed by atoms with E-state index in [1.165, 1.54) is 72.8 Å². The molecule has 0 aliphatic heterocycles. The summed E-state index contributed by atoms with van der Waals surface area (Å²) in [5.74, 6) is -1.46. The van der Waals surface area contributed by atoms with Gasteiger partial charge >= 0.3 is 24.0 Å². The minimum Gasteiger partial charge on any atom is -0.462 e. The molecule has 0 aliphatic rings. The van der Waals surface area contributed by atoms with Crippen LogP contribution in [0.5, 0.6) is 0 Å². The monoisotopic (exact) mass is 708 g/mol. The fraction of sp³-hybridized carbons (Fsp3) is 0.152. The summed E-state index contributed by atoms with van der Waals surface area (Å²) >= 11 is 0. The number of benzene rings is 4. The number of carbonyl (C=O) groups is 4. The van der Waals surface area contributed by atoms with Crippen molar-refractivity contribution in [3.8, 4) is 0 Å². The van der Waals surface area contributed by atoms with E-state index in [0.29, 0.717) is 0 Å². The maximum Gasteiger partial charge on any atom is 0.338 e. The minimum atomic E-state index is -4.12. The number of anilines is 2. The van der Waals surface area contributed by atoms with Crippen LogP contribution in [0.1, 0.15) is 38.3 Å². The standard InChI is InChI=1S/C33H32N4O10S2/c1-22-10-14-28(15-11-22)48(42,43)36-32(40)34-26-8-3-6-24(20-26)30(38)46-18-5-19-47-31(39)25-7-4-9-27(21-25)35-33(41)37-49(44,45)29-16-12-23(2)13-17-29/h3-4,6-17,20-21H,5,18-19H2,1-2H3,(H2,34,36,40)(H2,35,37,41). The van der Waals surface area contributed by atoms with Crippen molar-refractivity contribution in [2.75, 3.05) is 23.8 Å². The van der Waals surface area contributed by atoms with Crippen molar-refractivity contribution in [2.45, 2.75) is 30.1 Å². The second kappa shape index (κ2) is 15.9. The van der Waals surface area contributed by atoms with Crippen LogP contribution in [-0.2, 0) is 29.5 Å². The second-order valence-electron chi connectivity index (χ2n) is 10.5. The fourth-order valence-corrected chi connectivity index (χ4v) is 5.93. The van der Waals surface area contributed by atoms with Crippen molar-refractivity contribution in [1.29, 1.82) is 0 Å². The molecule has 256 valence electrons. The van der Waals surface area contributed by atoms with Gasteiger partial charge in [0.05, 0.1) is 34.1 Å². The van der Waals surface area contributed by atoms with Crippen molar-refractivity contribution in [2.24, 2.45) is 0 Å². The number of amides is 4. The number of rotatable bonds is 12. The lowest BCUT2D eigenvalue weighted by atomic mass is 10.2. The van der Waals surface area contributed by atoms with Gasteiger partial charge in [-0.25, -0.2) is 45.5 Å². The lowest BCUT2D eigenvalue weighted by Crippen LogP contribution is -2.34. The Labute approximate surface area is 282 Å². The highest BCUT2D eigenvalue weighted by atomic mass is 32.2. The Hall–Kier alpha value is -5.74. The number of aryl methyl sites for hydroxylation is 2. The first-order valence-corrected chi connectivity index (χ1v) is 17.5. The van der Waals surface area contributed by atoms with Gasteiger partial charge in [0.15, 0.2) is 0 Å². The summed E-state index contributed by atoms with van der Waals surface area (Å²) < 4.78 is 64.0. The number of urea groups is 2. The molecule has 4 aromatic carbocycles. The van der Waals surface area contributed by atoms with E-state index in [1.807, 2.05) is 9.44 Å². The van der Waals surface area contributed by atoms with Crippen LogP contribution in [0.4, 0.5) is 21.0 Å². The normalized spacial score (nSPS) is 11.1. The van der Waals surface area contributed by atoms with Gasteiger partial charge < -0.3 is 20.1 Å². The van der Waals surface area contributed by atoms with Crippen LogP contribution < -0.4 is 20.1 Å². The molecule has 4 aromatic rings. The Morgan fingerprint density at radius 3 is 1.29 bits per heavy atom. The molecule has 49 heavy (non-hydrogen) atoms. The topological polar surface area (TPSA) is 203 Å². The first-order valence-electron chi connectivity index (χ1n) is 14.6. The predicted molar refractivity (Wildman–Crippen MR) is 179 cm³/mol. The van der Waals surface area contributed by atoms with E-state index in [-0.39, 0.29) is 51.9 Å². The third kappa shape index (κ3) is 10.6. The zero-order chi connectivity index (χ0) is 35.6. The van der Waals surface area contributed by atoms with Crippen molar-refractivity contribution >= 4 is 55.4 Å². The van der Waals surface area contributed by atoms with E-state index in [0.717, 1.165) is 11.1 Å². The zero-order valence-corrected chi connectivity index (χ0v) is 27.9. The van der Waals surface area contributed by atoms with Gasteiger partial charge in [-0.2, -0.15) is 0 Å². The van der Waals surface area contributed by atoms with Crippen LogP contribution >= 0.6 is 0 Å². The van der Waals surface area contributed by atoms with Gasteiger partial charge in [0.1, 0.15) is 0 Å². The summed E-state index contributed by atoms with van der Waals surface area (Å²) in [4.78, 5) is 49.5. The molecular weight excluding hydrogens is 677 g/mol. The SMILES string of the molecule is Cc1ccc(S(=O)(=O)NC(=O)Nc2cccc(C(=O)OCCCOC(=O)c3cccc(NC(=O)NS(=O)(=O)c4ccc(C)cc4)c3)c2)cc1. The van der Waals surface area contributed by atoms with E-state index in [1.54, 1.807) is 38.1 Å². The maximum absolute atomic E-state index is 12.5. The molecule has 16 heteroatoms. The van der Waals surface area contributed by atoms with Crippen LogP contribution in [0.25, 0.3) is 0 Å². The van der Waals surface area contributed by atoms with Crippen molar-refractivity contribution in [3.05, 3.63) is 119 Å². The van der Waals surface area contributed by atoms with Gasteiger partial charge in [0.25, 0.3) is 20.0 Å².